The number of benzene rings is 2. The fraction of sp³-hybridized carbons (Fsp3) is 0.280. The number of amides is 3. The Labute approximate surface area is 202 Å². The maximum absolute atomic E-state index is 13.5. The lowest BCUT2D eigenvalue weighted by atomic mass is 9.97. The van der Waals surface area contributed by atoms with E-state index in [1.54, 1.807) is 60.5 Å². The summed E-state index contributed by atoms with van der Waals surface area (Å²) < 4.78 is 5.16. The van der Waals surface area contributed by atoms with Crippen molar-refractivity contribution in [2.24, 2.45) is 16.5 Å². The summed E-state index contributed by atoms with van der Waals surface area (Å²) in [5.41, 5.74) is 12.6. The molecule has 0 aliphatic carbocycles. The Hall–Kier alpha value is -4.34. The largest absolute Gasteiger partial charge is 0.497 e. The van der Waals surface area contributed by atoms with Crippen LogP contribution in [0.4, 0.5) is 11.4 Å². The van der Waals surface area contributed by atoms with Gasteiger partial charge < -0.3 is 25.9 Å². The summed E-state index contributed by atoms with van der Waals surface area (Å²) >= 11 is 0. The Morgan fingerprint density at radius 2 is 1.60 bits per heavy atom. The van der Waals surface area contributed by atoms with E-state index < -0.39 is 11.8 Å². The van der Waals surface area contributed by atoms with E-state index in [-0.39, 0.29) is 23.9 Å². The Balaban J connectivity index is 1.60. The number of piperidine rings is 2. The first-order valence-electron chi connectivity index (χ1n) is 11.3. The maximum Gasteiger partial charge on any atom is 0.277 e. The molecule has 10 heteroatoms. The molecule has 0 atom stereocenters. The summed E-state index contributed by atoms with van der Waals surface area (Å²) in [6, 6.07) is 13.7. The average Bonchev–Trinajstić information content (AvgIpc) is 2.87. The Morgan fingerprint density at radius 1 is 0.914 bits per heavy atom. The number of carbonyl (C=O) groups excluding carboxylic acids is 3. The second-order valence-corrected chi connectivity index (χ2v) is 8.16. The van der Waals surface area contributed by atoms with E-state index >= 15 is 0 Å². The third kappa shape index (κ3) is 5.26. The van der Waals surface area contributed by atoms with Crippen LogP contribution in [0.25, 0.3) is 0 Å². The molecule has 182 valence electrons. The summed E-state index contributed by atoms with van der Waals surface area (Å²) in [4.78, 5) is 49.0. The summed E-state index contributed by atoms with van der Waals surface area (Å²) in [7, 11) is 1.55. The molecule has 0 spiro atoms. The number of aliphatic imine (C=N–C) groups is 1. The quantitative estimate of drug-likeness (QED) is 0.611. The number of nitrogens with two attached hydrogens (primary N) is 2. The first-order valence-corrected chi connectivity index (χ1v) is 11.3. The van der Waals surface area contributed by atoms with Crippen molar-refractivity contribution < 1.29 is 24.0 Å². The molecule has 2 saturated heterocycles. The Kier molecular flexibility index (Phi) is 7.00. The molecule has 2 heterocycles. The predicted molar refractivity (Wildman–Crippen MR) is 130 cm³/mol. The number of primary amides is 1. The summed E-state index contributed by atoms with van der Waals surface area (Å²) in [5, 5.41) is 1.37. The SMILES string of the molecule is COc1ccc(N=C2C(=O)N(c3ccc(ON4CCCCC4=O)cc3)CCC2=C(N)C(N)=O)cc1. The van der Waals surface area contributed by atoms with Crippen LogP contribution >= 0.6 is 0 Å². The molecule has 10 nitrogen and oxygen atoms in total. The van der Waals surface area contributed by atoms with Crippen LogP contribution in [0.5, 0.6) is 11.5 Å². The average molecular weight is 478 g/mol. The van der Waals surface area contributed by atoms with Crippen molar-refractivity contribution >= 4 is 34.8 Å². The molecule has 2 fully saturated rings. The van der Waals surface area contributed by atoms with Crippen LogP contribution in [0.15, 0.2) is 64.8 Å². The molecule has 2 aliphatic heterocycles. The van der Waals surface area contributed by atoms with E-state index in [1.807, 2.05) is 0 Å². The molecule has 0 unspecified atom stereocenters. The maximum atomic E-state index is 13.5. The molecule has 35 heavy (non-hydrogen) atoms. The van der Waals surface area contributed by atoms with Crippen molar-refractivity contribution in [3.05, 3.63) is 59.8 Å². The normalized spacial score (nSPS) is 19.1. The van der Waals surface area contributed by atoms with Gasteiger partial charge in [0.15, 0.2) is 5.75 Å². The third-order valence-electron chi connectivity index (χ3n) is 5.87. The van der Waals surface area contributed by atoms with Crippen LogP contribution < -0.4 is 25.9 Å². The molecule has 2 aromatic carbocycles. The topological polar surface area (TPSA) is 141 Å². The van der Waals surface area contributed by atoms with Crippen LogP contribution in [0.1, 0.15) is 25.7 Å². The van der Waals surface area contributed by atoms with Crippen molar-refractivity contribution in [3.63, 3.8) is 0 Å². The highest BCUT2D eigenvalue weighted by atomic mass is 16.7. The first kappa shape index (κ1) is 23.8. The van der Waals surface area contributed by atoms with Crippen LogP contribution in [0, 0.1) is 0 Å². The van der Waals surface area contributed by atoms with Crippen LogP contribution in [0.3, 0.4) is 0 Å². The van der Waals surface area contributed by atoms with Crippen molar-refractivity contribution in [2.45, 2.75) is 25.7 Å². The third-order valence-corrected chi connectivity index (χ3v) is 5.87. The smallest absolute Gasteiger partial charge is 0.277 e. The number of carbonyl (C=O) groups is 3. The van der Waals surface area contributed by atoms with E-state index in [2.05, 4.69) is 4.99 Å². The number of anilines is 1. The molecule has 0 aromatic heterocycles. The zero-order chi connectivity index (χ0) is 24.9. The minimum atomic E-state index is -0.808. The number of hydrogen-bond donors (Lipinski definition) is 2. The molecule has 2 aromatic rings. The van der Waals surface area contributed by atoms with E-state index in [9.17, 15) is 14.4 Å². The number of ether oxygens (including phenoxy) is 1. The summed E-state index contributed by atoms with van der Waals surface area (Å²) in [6.45, 7) is 0.835. The molecule has 3 amide bonds. The molecule has 4 N–H and O–H groups in total. The van der Waals surface area contributed by atoms with Crippen LogP contribution in [0.2, 0.25) is 0 Å². The van der Waals surface area contributed by atoms with Crippen LogP contribution in [-0.4, -0.2) is 48.7 Å². The van der Waals surface area contributed by atoms with E-state index in [4.69, 9.17) is 21.0 Å². The van der Waals surface area contributed by atoms with Gasteiger partial charge in [-0.05, 0) is 67.8 Å². The van der Waals surface area contributed by atoms with Crippen LogP contribution in [-0.2, 0) is 14.4 Å². The minimum Gasteiger partial charge on any atom is -0.497 e. The highest BCUT2D eigenvalue weighted by Crippen LogP contribution is 2.28. The zero-order valence-corrected chi connectivity index (χ0v) is 19.4. The highest BCUT2D eigenvalue weighted by Gasteiger charge is 2.32. The minimum absolute atomic E-state index is 0.0442. The molecule has 0 saturated carbocycles. The lowest BCUT2D eigenvalue weighted by Crippen LogP contribution is -2.44. The Bertz CT molecular complexity index is 1190. The first-order chi connectivity index (χ1) is 16.9. The van der Waals surface area contributed by atoms with Gasteiger partial charge in [0.1, 0.15) is 17.2 Å². The number of hydroxylamine groups is 2. The summed E-state index contributed by atoms with van der Waals surface area (Å²) in [6.07, 6.45) is 2.54. The standard InChI is InChI=1S/C25H27N5O5/c1-34-18-9-5-16(6-10-18)28-23-20(22(26)24(27)32)13-15-29(25(23)33)17-7-11-19(12-8-17)35-30-14-3-2-4-21(30)31/h5-12H,2-4,13-15,26H2,1H3,(H2,27,32). The van der Waals surface area contributed by atoms with E-state index in [1.165, 1.54) is 5.06 Å². The van der Waals surface area contributed by atoms with Gasteiger partial charge in [-0.2, -0.15) is 5.06 Å². The van der Waals surface area contributed by atoms with Crippen molar-refractivity contribution in [2.75, 3.05) is 25.1 Å². The fourth-order valence-electron chi connectivity index (χ4n) is 3.95. The van der Waals surface area contributed by atoms with E-state index in [0.717, 1.165) is 12.8 Å². The molecular weight excluding hydrogens is 450 g/mol. The zero-order valence-electron chi connectivity index (χ0n) is 19.4. The van der Waals surface area contributed by atoms with Gasteiger partial charge in [-0.15, -0.1) is 0 Å². The van der Waals surface area contributed by atoms with Gasteiger partial charge in [-0.25, -0.2) is 4.99 Å². The van der Waals surface area contributed by atoms with Gasteiger partial charge >= 0.3 is 0 Å². The van der Waals surface area contributed by atoms with Gasteiger partial charge in [-0.1, -0.05) is 0 Å². The van der Waals surface area contributed by atoms with E-state index in [0.29, 0.717) is 47.8 Å². The second kappa shape index (κ2) is 10.3. The number of hydrogen-bond acceptors (Lipinski definition) is 7. The van der Waals surface area contributed by atoms with Gasteiger partial charge in [0.2, 0.25) is 0 Å². The van der Waals surface area contributed by atoms with Crippen molar-refractivity contribution in [3.8, 4) is 11.5 Å². The molecule has 0 bridgehead atoms. The Morgan fingerprint density at radius 3 is 2.23 bits per heavy atom. The predicted octanol–water partition coefficient (Wildman–Crippen LogP) is 2.21. The van der Waals surface area contributed by atoms with Gasteiger partial charge in [0, 0.05) is 24.2 Å². The molecular formula is C25H27N5O5. The highest BCUT2D eigenvalue weighted by molar-refractivity contribution is 6.51. The molecule has 0 radical (unpaired) electrons. The lowest BCUT2D eigenvalue weighted by molar-refractivity contribution is -0.161. The lowest BCUT2D eigenvalue weighted by Gasteiger charge is -2.30. The molecule has 4 rings (SSSR count). The number of methoxy groups -OCH3 is 1. The van der Waals surface area contributed by atoms with Gasteiger partial charge in [0.25, 0.3) is 17.7 Å². The fourth-order valence-corrected chi connectivity index (χ4v) is 3.95. The van der Waals surface area contributed by atoms with Gasteiger partial charge in [-0.3, -0.25) is 14.4 Å². The number of nitrogens with zero attached hydrogens (tertiary/aromatic N) is 3. The van der Waals surface area contributed by atoms with Crippen molar-refractivity contribution in [1.82, 2.24) is 5.06 Å². The molecule has 2 aliphatic rings. The number of rotatable bonds is 6. The van der Waals surface area contributed by atoms with Gasteiger partial charge in [0.05, 0.1) is 19.3 Å². The second-order valence-electron chi connectivity index (χ2n) is 8.16. The summed E-state index contributed by atoms with van der Waals surface area (Å²) in [5.74, 6) is -0.119. The van der Waals surface area contributed by atoms with Crippen molar-refractivity contribution in [1.29, 1.82) is 0 Å². The monoisotopic (exact) mass is 477 g/mol.